The van der Waals surface area contributed by atoms with Gasteiger partial charge in [0.15, 0.2) is 0 Å². The summed E-state index contributed by atoms with van der Waals surface area (Å²) in [6, 6.07) is 17.2. The molecule has 3 rings (SSSR count). The monoisotopic (exact) mass is 304 g/mol. The van der Waals surface area contributed by atoms with Gasteiger partial charge in [0.25, 0.3) is 0 Å². The predicted molar refractivity (Wildman–Crippen MR) is 91.3 cm³/mol. The van der Waals surface area contributed by atoms with E-state index in [1.165, 1.54) is 0 Å². The third-order valence-corrected chi connectivity index (χ3v) is 3.47. The van der Waals surface area contributed by atoms with Crippen LogP contribution in [0.25, 0.3) is 0 Å². The van der Waals surface area contributed by atoms with E-state index in [4.69, 9.17) is 11.5 Å². The molecule has 0 aromatic carbocycles. The van der Waals surface area contributed by atoms with Crippen LogP contribution in [0.4, 0.5) is 11.6 Å². The lowest BCUT2D eigenvalue weighted by Crippen LogP contribution is -2.12. The molecule has 1 radical (unpaired) electrons. The zero-order valence-corrected chi connectivity index (χ0v) is 12.7. The lowest BCUT2D eigenvalue weighted by Gasteiger charge is -2.15. The maximum Gasteiger partial charge on any atom is 0.123 e. The van der Waals surface area contributed by atoms with Gasteiger partial charge in [-0.25, -0.2) is 9.97 Å². The smallest absolute Gasteiger partial charge is 0.123 e. The molecule has 0 aliphatic carbocycles. The molecular weight excluding hydrogens is 286 g/mol. The minimum atomic E-state index is 0.518. The first-order valence-corrected chi connectivity index (χ1v) is 7.39. The van der Waals surface area contributed by atoms with Crippen LogP contribution in [0.3, 0.4) is 0 Å². The van der Waals surface area contributed by atoms with Gasteiger partial charge >= 0.3 is 0 Å². The first kappa shape index (κ1) is 15.0. The second-order valence-electron chi connectivity index (χ2n) is 5.28. The van der Waals surface area contributed by atoms with Crippen molar-refractivity contribution >= 4 is 11.6 Å². The van der Waals surface area contributed by atoms with Crippen molar-refractivity contribution in [3.05, 3.63) is 83.8 Å². The second kappa shape index (κ2) is 6.87. The number of rotatable bonds is 5. The van der Waals surface area contributed by atoms with Gasteiger partial charge in [-0.1, -0.05) is 18.2 Å². The van der Waals surface area contributed by atoms with E-state index in [0.29, 0.717) is 24.5 Å². The molecule has 0 spiro atoms. The van der Waals surface area contributed by atoms with E-state index in [1.54, 1.807) is 18.3 Å². The van der Waals surface area contributed by atoms with Gasteiger partial charge in [-0.2, -0.15) is 0 Å². The Balaban J connectivity index is 1.87. The minimum absolute atomic E-state index is 0.518. The van der Waals surface area contributed by atoms with Crippen molar-refractivity contribution in [2.24, 2.45) is 0 Å². The fourth-order valence-corrected chi connectivity index (χ4v) is 2.45. The van der Waals surface area contributed by atoms with Crippen molar-refractivity contribution < 1.29 is 0 Å². The normalized spacial score (nSPS) is 10.8. The SMILES string of the molecule is Nc1cccc(C[C](Cc2cccc(N)n2)c2ccccn2)n1. The van der Waals surface area contributed by atoms with E-state index in [2.05, 4.69) is 15.0 Å². The third kappa shape index (κ3) is 4.03. The highest BCUT2D eigenvalue weighted by atomic mass is 14.8. The third-order valence-electron chi connectivity index (χ3n) is 3.47. The number of nitrogens with two attached hydrogens (primary N) is 2. The van der Waals surface area contributed by atoms with Gasteiger partial charge in [-0.3, -0.25) is 4.98 Å². The molecule has 115 valence electrons. The molecule has 0 aliphatic rings. The van der Waals surface area contributed by atoms with Gasteiger partial charge in [0.2, 0.25) is 0 Å². The molecule has 3 aromatic rings. The summed E-state index contributed by atoms with van der Waals surface area (Å²) in [6.07, 6.45) is 3.12. The first-order valence-electron chi connectivity index (χ1n) is 7.39. The van der Waals surface area contributed by atoms with Crippen LogP contribution in [0.2, 0.25) is 0 Å². The zero-order chi connectivity index (χ0) is 16.1. The molecule has 5 heteroatoms. The number of pyridine rings is 3. The molecule has 3 aromatic heterocycles. The summed E-state index contributed by atoms with van der Waals surface area (Å²) in [5, 5.41) is 0. The van der Waals surface area contributed by atoms with Gasteiger partial charge in [-0.05, 0) is 36.4 Å². The van der Waals surface area contributed by atoms with E-state index in [1.807, 2.05) is 42.5 Å². The number of nitrogen functional groups attached to an aromatic ring is 2. The number of nitrogens with zero attached hydrogens (tertiary/aromatic N) is 3. The second-order valence-corrected chi connectivity index (χ2v) is 5.28. The summed E-state index contributed by atoms with van der Waals surface area (Å²) >= 11 is 0. The largest absolute Gasteiger partial charge is 0.384 e. The molecule has 3 heterocycles. The summed E-state index contributed by atoms with van der Waals surface area (Å²) in [7, 11) is 0. The first-order chi connectivity index (χ1) is 11.2. The topological polar surface area (TPSA) is 90.7 Å². The minimum Gasteiger partial charge on any atom is -0.384 e. The highest BCUT2D eigenvalue weighted by Gasteiger charge is 2.17. The lowest BCUT2D eigenvalue weighted by atomic mass is 9.93. The van der Waals surface area contributed by atoms with E-state index in [9.17, 15) is 0 Å². The molecule has 0 aliphatic heterocycles. The maximum absolute atomic E-state index is 5.78. The van der Waals surface area contributed by atoms with E-state index in [0.717, 1.165) is 23.0 Å². The Bertz CT molecular complexity index is 726. The quantitative estimate of drug-likeness (QED) is 0.755. The molecule has 5 nitrogen and oxygen atoms in total. The molecule has 23 heavy (non-hydrogen) atoms. The molecule has 0 unspecified atom stereocenters. The van der Waals surface area contributed by atoms with Crippen molar-refractivity contribution in [2.45, 2.75) is 12.8 Å². The zero-order valence-electron chi connectivity index (χ0n) is 12.7. The van der Waals surface area contributed by atoms with Gasteiger partial charge in [0.05, 0.1) is 0 Å². The van der Waals surface area contributed by atoms with Crippen molar-refractivity contribution in [3.63, 3.8) is 0 Å². The molecule has 0 bridgehead atoms. The Labute approximate surface area is 135 Å². The van der Waals surface area contributed by atoms with Crippen LogP contribution >= 0.6 is 0 Å². The molecule has 0 saturated heterocycles. The van der Waals surface area contributed by atoms with Gasteiger partial charge in [-0.15, -0.1) is 0 Å². The summed E-state index contributed by atoms with van der Waals surface area (Å²) < 4.78 is 0. The predicted octanol–water partition coefficient (Wildman–Crippen LogP) is 2.44. The molecule has 0 saturated carbocycles. The summed E-state index contributed by atoms with van der Waals surface area (Å²) in [6.45, 7) is 0. The van der Waals surface area contributed by atoms with Crippen LogP contribution in [0.15, 0.2) is 60.8 Å². The van der Waals surface area contributed by atoms with E-state index in [-0.39, 0.29) is 0 Å². The Morgan fingerprint density at radius 2 is 1.35 bits per heavy atom. The average molecular weight is 304 g/mol. The van der Waals surface area contributed by atoms with Crippen LogP contribution in [0.1, 0.15) is 17.1 Å². The molecule has 0 amide bonds. The number of aromatic nitrogens is 3. The fraction of sp³-hybridized carbons (Fsp3) is 0.111. The van der Waals surface area contributed by atoms with Crippen LogP contribution in [-0.2, 0) is 12.8 Å². The van der Waals surface area contributed by atoms with Gasteiger partial charge in [0, 0.05) is 42.0 Å². The van der Waals surface area contributed by atoms with Crippen molar-refractivity contribution in [2.75, 3.05) is 11.5 Å². The maximum atomic E-state index is 5.78. The van der Waals surface area contributed by atoms with Crippen molar-refractivity contribution in [1.82, 2.24) is 15.0 Å². The molecule has 4 N–H and O–H groups in total. The van der Waals surface area contributed by atoms with Crippen molar-refractivity contribution in [1.29, 1.82) is 0 Å². The van der Waals surface area contributed by atoms with Crippen LogP contribution in [0.5, 0.6) is 0 Å². The number of anilines is 2. The Morgan fingerprint density at radius 3 is 1.83 bits per heavy atom. The summed E-state index contributed by atoms with van der Waals surface area (Å²) in [5.41, 5.74) is 14.3. The highest BCUT2D eigenvalue weighted by molar-refractivity contribution is 5.36. The Kier molecular flexibility index (Phi) is 4.47. The van der Waals surface area contributed by atoms with Crippen LogP contribution in [0, 0.1) is 5.92 Å². The highest BCUT2D eigenvalue weighted by Crippen LogP contribution is 2.22. The molecule has 0 fully saturated rings. The van der Waals surface area contributed by atoms with Crippen molar-refractivity contribution in [3.8, 4) is 0 Å². The lowest BCUT2D eigenvalue weighted by molar-refractivity contribution is 0.831. The fourth-order valence-electron chi connectivity index (χ4n) is 2.45. The van der Waals surface area contributed by atoms with Crippen LogP contribution in [-0.4, -0.2) is 15.0 Å². The Hall–Kier alpha value is -2.95. The van der Waals surface area contributed by atoms with Gasteiger partial charge < -0.3 is 11.5 Å². The number of hydrogen-bond donors (Lipinski definition) is 2. The van der Waals surface area contributed by atoms with Crippen LogP contribution < -0.4 is 11.5 Å². The molecular formula is C18H18N5. The molecule has 0 atom stereocenters. The standard InChI is InChI=1S/C18H18N5/c19-17-8-3-5-14(22-17)11-13(16-7-1-2-10-21-16)12-15-6-4-9-18(20)23-15/h1-10H,11-12H2,(H2,19,22)(H2,20,23). The Morgan fingerprint density at radius 1 is 0.739 bits per heavy atom. The van der Waals surface area contributed by atoms with Gasteiger partial charge in [0.1, 0.15) is 11.6 Å². The van der Waals surface area contributed by atoms with E-state index < -0.39 is 0 Å². The number of hydrogen-bond acceptors (Lipinski definition) is 5. The average Bonchev–Trinajstić information content (AvgIpc) is 2.55. The summed E-state index contributed by atoms with van der Waals surface area (Å²) in [5.74, 6) is 2.16. The summed E-state index contributed by atoms with van der Waals surface area (Å²) in [4.78, 5) is 13.2. The van der Waals surface area contributed by atoms with E-state index >= 15 is 0 Å².